The van der Waals surface area contributed by atoms with Crippen molar-refractivity contribution in [2.75, 3.05) is 13.1 Å². The molecule has 0 aromatic heterocycles. The van der Waals surface area contributed by atoms with Gasteiger partial charge in [-0.1, -0.05) is 20.8 Å². The molecule has 92 valence electrons. The molecule has 0 amide bonds. The lowest BCUT2D eigenvalue weighted by Gasteiger charge is -2.32. The highest BCUT2D eigenvalue weighted by atomic mass is 15.2. The van der Waals surface area contributed by atoms with Crippen molar-refractivity contribution in [3.05, 3.63) is 0 Å². The summed E-state index contributed by atoms with van der Waals surface area (Å²) >= 11 is 0. The Bertz CT molecular complexity index is 271. The lowest BCUT2D eigenvalue weighted by atomic mass is 9.78. The average molecular weight is 223 g/mol. The van der Waals surface area contributed by atoms with Gasteiger partial charge in [0.15, 0.2) is 0 Å². The topological polar surface area (TPSA) is 36.1 Å². The molecule has 3 fully saturated rings. The Hall–Kier alpha value is -0.120. The van der Waals surface area contributed by atoms with Gasteiger partial charge >= 0.3 is 0 Å². The molecule has 0 aromatic rings. The zero-order valence-corrected chi connectivity index (χ0v) is 10.7. The number of rotatable bonds is 0. The molecule has 3 aliphatic rings. The first-order valence-electron chi connectivity index (χ1n) is 6.78. The van der Waals surface area contributed by atoms with Gasteiger partial charge in [0.1, 0.15) is 0 Å². The minimum absolute atomic E-state index is 0.397. The average Bonchev–Trinajstić information content (AvgIpc) is 2.72. The summed E-state index contributed by atoms with van der Waals surface area (Å²) in [4.78, 5) is 0. The van der Waals surface area contributed by atoms with Crippen LogP contribution in [0.4, 0.5) is 0 Å². The summed E-state index contributed by atoms with van der Waals surface area (Å²) in [5.41, 5.74) is 0.397. The van der Waals surface area contributed by atoms with Crippen molar-refractivity contribution < 1.29 is 0 Å². The Kier molecular flexibility index (Phi) is 2.54. The SMILES string of the molecule is CC(C)(C)C1CC2C(NC3CNCCC32)N1. The van der Waals surface area contributed by atoms with Crippen molar-refractivity contribution in [1.29, 1.82) is 0 Å². The molecule has 0 radical (unpaired) electrons. The van der Waals surface area contributed by atoms with Crippen LogP contribution in [0.2, 0.25) is 0 Å². The minimum atomic E-state index is 0.397. The van der Waals surface area contributed by atoms with Crippen LogP contribution in [0.15, 0.2) is 0 Å². The van der Waals surface area contributed by atoms with Crippen LogP contribution in [-0.4, -0.2) is 31.3 Å². The first kappa shape index (κ1) is 11.0. The van der Waals surface area contributed by atoms with Gasteiger partial charge in [-0.05, 0) is 36.6 Å². The first-order chi connectivity index (χ1) is 7.55. The van der Waals surface area contributed by atoms with Crippen molar-refractivity contribution in [2.24, 2.45) is 17.3 Å². The van der Waals surface area contributed by atoms with Gasteiger partial charge < -0.3 is 5.32 Å². The van der Waals surface area contributed by atoms with Crippen LogP contribution in [0.3, 0.4) is 0 Å². The lowest BCUT2D eigenvalue weighted by molar-refractivity contribution is 0.238. The van der Waals surface area contributed by atoms with Crippen LogP contribution >= 0.6 is 0 Å². The third-order valence-electron chi connectivity index (χ3n) is 4.84. The normalized spacial score (nSPS) is 47.8. The number of nitrogens with one attached hydrogen (secondary N) is 3. The fraction of sp³-hybridized carbons (Fsp3) is 1.00. The molecule has 3 nitrogen and oxygen atoms in total. The maximum atomic E-state index is 3.81. The molecule has 16 heavy (non-hydrogen) atoms. The van der Waals surface area contributed by atoms with Gasteiger partial charge in [0.2, 0.25) is 0 Å². The summed E-state index contributed by atoms with van der Waals surface area (Å²) in [6.45, 7) is 9.44. The molecule has 0 spiro atoms. The molecule has 3 saturated heterocycles. The standard InChI is InChI=1S/C13H25N3/c1-13(2,3)11-6-9-8-4-5-14-7-10(8)15-12(9)16-11/h8-12,14-16H,4-7H2,1-3H3. The summed E-state index contributed by atoms with van der Waals surface area (Å²) in [5, 5.41) is 11.1. The summed E-state index contributed by atoms with van der Waals surface area (Å²) < 4.78 is 0. The lowest BCUT2D eigenvalue weighted by Crippen LogP contribution is -2.50. The van der Waals surface area contributed by atoms with Crippen LogP contribution in [0, 0.1) is 17.3 Å². The molecular formula is C13H25N3. The summed E-state index contributed by atoms with van der Waals surface area (Å²) in [6.07, 6.45) is 3.30. The molecule has 0 aliphatic carbocycles. The van der Waals surface area contributed by atoms with Crippen molar-refractivity contribution >= 4 is 0 Å². The predicted octanol–water partition coefficient (Wildman–Crippen LogP) is 0.918. The van der Waals surface area contributed by atoms with E-state index in [0.717, 1.165) is 17.9 Å². The van der Waals surface area contributed by atoms with E-state index in [1.54, 1.807) is 0 Å². The Labute approximate surface area is 98.8 Å². The Balaban J connectivity index is 1.71. The van der Waals surface area contributed by atoms with Crippen LogP contribution in [0.1, 0.15) is 33.6 Å². The second-order valence-electron chi connectivity index (χ2n) is 6.89. The molecule has 0 bridgehead atoms. The Morgan fingerprint density at radius 1 is 1.06 bits per heavy atom. The van der Waals surface area contributed by atoms with Crippen molar-refractivity contribution in [2.45, 2.75) is 51.9 Å². The number of hydrogen-bond donors (Lipinski definition) is 3. The molecule has 5 unspecified atom stereocenters. The maximum Gasteiger partial charge on any atom is 0.0609 e. The number of hydrogen-bond acceptors (Lipinski definition) is 3. The summed E-state index contributed by atoms with van der Waals surface area (Å²) in [5.74, 6) is 1.78. The fourth-order valence-electron chi connectivity index (χ4n) is 3.82. The molecule has 0 saturated carbocycles. The molecule has 3 heterocycles. The van der Waals surface area contributed by atoms with Crippen LogP contribution in [-0.2, 0) is 0 Å². The zero-order chi connectivity index (χ0) is 11.3. The van der Waals surface area contributed by atoms with Crippen LogP contribution in [0.25, 0.3) is 0 Å². The molecule has 3 aliphatic heterocycles. The highest BCUT2D eigenvalue weighted by Gasteiger charge is 2.50. The summed E-state index contributed by atoms with van der Waals surface area (Å²) in [7, 11) is 0. The predicted molar refractivity (Wildman–Crippen MR) is 66.2 cm³/mol. The van der Waals surface area contributed by atoms with E-state index in [9.17, 15) is 0 Å². The van der Waals surface area contributed by atoms with E-state index in [2.05, 4.69) is 36.7 Å². The van der Waals surface area contributed by atoms with Crippen molar-refractivity contribution in [3.8, 4) is 0 Å². The van der Waals surface area contributed by atoms with E-state index in [0.29, 0.717) is 17.6 Å². The van der Waals surface area contributed by atoms with E-state index >= 15 is 0 Å². The molecule has 3 N–H and O–H groups in total. The molecule has 0 aromatic carbocycles. The van der Waals surface area contributed by atoms with Gasteiger partial charge in [-0.25, -0.2) is 0 Å². The quantitative estimate of drug-likeness (QED) is 0.571. The Morgan fingerprint density at radius 2 is 1.88 bits per heavy atom. The van der Waals surface area contributed by atoms with Crippen LogP contribution < -0.4 is 16.0 Å². The second kappa shape index (κ2) is 3.69. The molecule has 3 heteroatoms. The highest BCUT2D eigenvalue weighted by Crippen LogP contribution is 2.41. The largest absolute Gasteiger partial charge is 0.315 e. The van der Waals surface area contributed by atoms with Gasteiger partial charge in [-0.3, -0.25) is 10.6 Å². The first-order valence-corrected chi connectivity index (χ1v) is 6.78. The Morgan fingerprint density at radius 3 is 2.62 bits per heavy atom. The monoisotopic (exact) mass is 223 g/mol. The van der Waals surface area contributed by atoms with Crippen molar-refractivity contribution in [1.82, 2.24) is 16.0 Å². The van der Waals surface area contributed by atoms with Gasteiger partial charge in [-0.2, -0.15) is 0 Å². The fourth-order valence-corrected chi connectivity index (χ4v) is 3.82. The zero-order valence-electron chi connectivity index (χ0n) is 10.7. The van der Waals surface area contributed by atoms with Gasteiger partial charge in [0.05, 0.1) is 6.17 Å². The molecule has 3 rings (SSSR count). The van der Waals surface area contributed by atoms with Gasteiger partial charge in [-0.15, -0.1) is 0 Å². The van der Waals surface area contributed by atoms with E-state index in [-0.39, 0.29) is 0 Å². The third kappa shape index (κ3) is 1.69. The maximum absolute atomic E-state index is 3.81. The van der Waals surface area contributed by atoms with E-state index < -0.39 is 0 Å². The summed E-state index contributed by atoms with van der Waals surface area (Å²) in [6, 6.07) is 1.41. The molecular weight excluding hydrogens is 198 g/mol. The van der Waals surface area contributed by atoms with Crippen LogP contribution in [0.5, 0.6) is 0 Å². The van der Waals surface area contributed by atoms with Crippen molar-refractivity contribution in [3.63, 3.8) is 0 Å². The minimum Gasteiger partial charge on any atom is -0.315 e. The molecule has 5 atom stereocenters. The highest BCUT2D eigenvalue weighted by molar-refractivity contribution is 5.06. The smallest absolute Gasteiger partial charge is 0.0609 e. The van der Waals surface area contributed by atoms with E-state index in [4.69, 9.17) is 0 Å². The van der Waals surface area contributed by atoms with Gasteiger partial charge in [0.25, 0.3) is 0 Å². The van der Waals surface area contributed by atoms with E-state index in [1.807, 2.05) is 0 Å². The third-order valence-corrected chi connectivity index (χ3v) is 4.84. The number of fused-ring (bicyclic) bond motifs is 3. The van der Waals surface area contributed by atoms with Gasteiger partial charge in [0, 0.05) is 18.6 Å². The van der Waals surface area contributed by atoms with E-state index in [1.165, 1.54) is 25.9 Å². The number of piperidine rings is 1. The second-order valence-corrected chi connectivity index (χ2v) is 6.89.